The van der Waals surface area contributed by atoms with Crippen molar-refractivity contribution in [3.8, 4) is 0 Å². The highest BCUT2D eigenvalue weighted by atomic mass is 16.5. The van der Waals surface area contributed by atoms with Crippen molar-refractivity contribution in [1.82, 2.24) is 4.90 Å². The van der Waals surface area contributed by atoms with E-state index < -0.39 is 0 Å². The molecule has 1 aliphatic carbocycles. The zero-order valence-electron chi connectivity index (χ0n) is 12.5. The predicted octanol–water partition coefficient (Wildman–Crippen LogP) is 2.12. The molecule has 0 fully saturated rings. The quantitative estimate of drug-likeness (QED) is 0.740. The van der Waals surface area contributed by atoms with E-state index in [9.17, 15) is 0 Å². The summed E-state index contributed by atoms with van der Waals surface area (Å²) in [5.41, 5.74) is 8.96. The summed E-state index contributed by atoms with van der Waals surface area (Å²) in [4.78, 5) is 2.48. The predicted molar refractivity (Wildman–Crippen MR) is 80.7 cm³/mol. The third-order valence-corrected chi connectivity index (χ3v) is 4.05. The monoisotopic (exact) mass is 278 g/mol. The molecule has 0 amide bonds. The first-order valence-corrected chi connectivity index (χ1v) is 7.34. The second-order valence-corrected chi connectivity index (χ2v) is 5.36. The fourth-order valence-corrected chi connectivity index (χ4v) is 3.04. The maximum absolute atomic E-state index is 6.28. The second kappa shape index (κ2) is 7.74. The smallest absolute Gasteiger partial charge is 0.0589 e. The van der Waals surface area contributed by atoms with Crippen molar-refractivity contribution in [3.63, 3.8) is 0 Å². The van der Waals surface area contributed by atoms with Crippen LogP contribution in [0.5, 0.6) is 0 Å². The van der Waals surface area contributed by atoms with Crippen LogP contribution in [-0.2, 0) is 9.47 Å². The van der Waals surface area contributed by atoms with Gasteiger partial charge in [0.2, 0.25) is 0 Å². The SMILES string of the molecule is COCCCN(CCOC)C1CC(N)c2ccccc21. The number of nitrogens with two attached hydrogens (primary N) is 1. The van der Waals surface area contributed by atoms with Gasteiger partial charge in [0.15, 0.2) is 0 Å². The second-order valence-electron chi connectivity index (χ2n) is 5.36. The van der Waals surface area contributed by atoms with E-state index in [0.717, 1.165) is 39.1 Å². The van der Waals surface area contributed by atoms with E-state index in [1.54, 1.807) is 14.2 Å². The topological polar surface area (TPSA) is 47.7 Å². The Morgan fingerprint density at radius 1 is 1.10 bits per heavy atom. The minimum absolute atomic E-state index is 0.156. The molecule has 2 rings (SSSR count). The Labute approximate surface area is 121 Å². The summed E-state index contributed by atoms with van der Waals surface area (Å²) in [5.74, 6) is 0. The molecule has 0 aromatic heterocycles. The van der Waals surface area contributed by atoms with Gasteiger partial charge in [-0.3, -0.25) is 4.90 Å². The van der Waals surface area contributed by atoms with Crippen LogP contribution in [0.25, 0.3) is 0 Å². The molecule has 20 heavy (non-hydrogen) atoms. The van der Waals surface area contributed by atoms with Gasteiger partial charge in [0.05, 0.1) is 6.61 Å². The Hall–Kier alpha value is -0.940. The van der Waals surface area contributed by atoms with E-state index in [1.165, 1.54) is 11.1 Å². The number of benzene rings is 1. The normalized spacial score (nSPS) is 21.4. The summed E-state index contributed by atoms with van der Waals surface area (Å²) in [7, 11) is 3.50. The number of nitrogens with zero attached hydrogens (tertiary/aromatic N) is 1. The van der Waals surface area contributed by atoms with Gasteiger partial charge in [-0.05, 0) is 24.0 Å². The van der Waals surface area contributed by atoms with Crippen LogP contribution in [-0.4, -0.2) is 45.4 Å². The van der Waals surface area contributed by atoms with E-state index in [2.05, 4.69) is 29.2 Å². The number of hydrogen-bond donors (Lipinski definition) is 1. The minimum atomic E-state index is 0.156. The molecule has 0 saturated heterocycles. The lowest BCUT2D eigenvalue weighted by molar-refractivity contribution is 0.104. The third-order valence-electron chi connectivity index (χ3n) is 4.05. The zero-order valence-corrected chi connectivity index (χ0v) is 12.5. The fourth-order valence-electron chi connectivity index (χ4n) is 3.04. The molecule has 0 heterocycles. The molecule has 0 spiro atoms. The van der Waals surface area contributed by atoms with E-state index >= 15 is 0 Å². The average molecular weight is 278 g/mol. The molecule has 0 aliphatic heterocycles. The molecule has 2 N–H and O–H groups in total. The number of hydrogen-bond acceptors (Lipinski definition) is 4. The highest BCUT2D eigenvalue weighted by Crippen LogP contribution is 2.40. The Morgan fingerprint density at radius 3 is 2.50 bits per heavy atom. The summed E-state index contributed by atoms with van der Waals surface area (Å²) >= 11 is 0. The number of fused-ring (bicyclic) bond motifs is 1. The number of ether oxygens (including phenoxy) is 2. The van der Waals surface area contributed by atoms with Gasteiger partial charge in [-0.2, -0.15) is 0 Å². The molecule has 0 saturated carbocycles. The van der Waals surface area contributed by atoms with E-state index in [0.29, 0.717) is 6.04 Å². The average Bonchev–Trinajstić information content (AvgIpc) is 2.81. The van der Waals surface area contributed by atoms with Gasteiger partial charge in [-0.25, -0.2) is 0 Å². The molecular formula is C16H26N2O2. The molecule has 1 aromatic rings. The zero-order chi connectivity index (χ0) is 14.4. The maximum atomic E-state index is 6.28. The Balaban J connectivity index is 2.08. The van der Waals surface area contributed by atoms with Crippen LogP contribution in [0.3, 0.4) is 0 Å². The highest BCUT2D eigenvalue weighted by molar-refractivity contribution is 5.37. The van der Waals surface area contributed by atoms with Gasteiger partial charge in [0, 0.05) is 46.0 Å². The summed E-state index contributed by atoms with van der Waals surface area (Å²) in [6.07, 6.45) is 2.03. The first-order chi connectivity index (χ1) is 9.77. The first kappa shape index (κ1) is 15.4. The van der Waals surface area contributed by atoms with Crippen molar-refractivity contribution < 1.29 is 9.47 Å². The number of methoxy groups -OCH3 is 2. The summed E-state index contributed by atoms with van der Waals surface area (Å²) in [6.45, 7) is 3.50. The van der Waals surface area contributed by atoms with Crippen LogP contribution in [0, 0.1) is 0 Å². The van der Waals surface area contributed by atoms with Crippen LogP contribution in [0.2, 0.25) is 0 Å². The van der Waals surface area contributed by atoms with Gasteiger partial charge in [-0.1, -0.05) is 24.3 Å². The molecule has 4 nitrogen and oxygen atoms in total. The minimum Gasteiger partial charge on any atom is -0.385 e. The van der Waals surface area contributed by atoms with Crippen molar-refractivity contribution in [1.29, 1.82) is 0 Å². The fraction of sp³-hybridized carbons (Fsp3) is 0.625. The first-order valence-electron chi connectivity index (χ1n) is 7.34. The van der Waals surface area contributed by atoms with Gasteiger partial charge < -0.3 is 15.2 Å². The maximum Gasteiger partial charge on any atom is 0.0589 e. The van der Waals surface area contributed by atoms with Crippen molar-refractivity contribution in [3.05, 3.63) is 35.4 Å². The highest BCUT2D eigenvalue weighted by Gasteiger charge is 2.31. The Morgan fingerprint density at radius 2 is 1.80 bits per heavy atom. The molecule has 1 aliphatic rings. The van der Waals surface area contributed by atoms with E-state index in [-0.39, 0.29) is 6.04 Å². The summed E-state index contributed by atoms with van der Waals surface area (Å²) in [5, 5.41) is 0. The van der Waals surface area contributed by atoms with Crippen molar-refractivity contribution in [2.45, 2.75) is 24.9 Å². The molecule has 2 unspecified atom stereocenters. The Kier molecular flexibility index (Phi) is 5.98. The molecule has 4 heteroatoms. The van der Waals surface area contributed by atoms with Crippen LogP contribution in [0.15, 0.2) is 24.3 Å². The summed E-state index contributed by atoms with van der Waals surface area (Å²) in [6, 6.07) is 9.11. The van der Waals surface area contributed by atoms with Crippen LogP contribution < -0.4 is 5.73 Å². The molecule has 0 radical (unpaired) electrons. The lowest BCUT2D eigenvalue weighted by Crippen LogP contribution is -2.32. The van der Waals surface area contributed by atoms with Gasteiger partial charge in [-0.15, -0.1) is 0 Å². The van der Waals surface area contributed by atoms with Gasteiger partial charge in [0.1, 0.15) is 0 Å². The van der Waals surface area contributed by atoms with Gasteiger partial charge in [0.25, 0.3) is 0 Å². The largest absolute Gasteiger partial charge is 0.385 e. The molecule has 112 valence electrons. The van der Waals surface area contributed by atoms with E-state index in [4.69, 9.17) is 15.2 Å². The lowest BCUT2D eigenvalue weighted by Gasteiger charge is -2.29. The third kappa shape index (κ3) is 3.58. The molecule has 0 bridgehead atoms. The molecular weight excluding hydrogens is 252 g/mol. The van der Waals surface area contributed by atoms with Gasteiger partial charge >= 0.3 is 0 Å². The van der Waals surface area contributed by atoms with E-state index in [1.807, 2.05) is 0 Å². The van der Waals surface area contributed by atoms with Crippen LogP contribution in [0.4, 0.5) is 0 Å². The standard InChI is InChI=1S/C16H26N2O2/c1-19-10-5-8-18(9-11-20-2)16-12-15(17)13-6-3-4-7-14(13)16/h3-4,6-7,15-16H,5,8-12,17H2,1-2H3. The number of rotatable bonds is 8. The van der Waals surface area contributed by atoms with Crippen LogP contribution in [0.1, 0.15) is 36.1 Å². The van der Waals surface area contributed by atoms with Crippen LogP contribution >= 0.6 is 0 Å². The van der Waals surface area contributed by atoms with Crippen molar-refractivity contribution in [2.75, 3.05) is 40.5 Å². The molecule has 1 aromatic carbocycles. The lowest BCUT2D eigenvalue weighted by atomic mass is 10.1. The van der Waals surface area contributed by atoms with Crippen molar-refractivity contribution in [2.24, 2.45) is 5.73 Å². The Bertz CT molecular complexity index is 411. The molecule has 2 atom stereocenters. The van der Waals surface area contributed by atoms with Crippen molar-refractivity contribution >= 4 is 0 Å². The summed E-state index contributed by atoms with van der Waals surface area (Å²) < 4.78 is 10.4.